The van der Waals surface area contributed by atoms with Crippen LogP contribution in [0.2, 0.25) is 0 Å². The zero-order chi connectivity index (χ0) is 18.2. The first-order valence-electron chi connectivity index (χ1n) is 8.56. The molecule has 7 nitrogen and oxygen atoms in total. The van der Waals surface area contributed by atoms with Crippen LogP contribution < -0.4 is 10.2 Å². The van der Waals surface area contributed by atoms with Crippen LogP contribution in [0.4, 0.5) is 10.2 Å². The van der Waals surface area contributed by atoms with Crippen LogP contribution in [-0.2, 0) is 9.59 Å². The highest BCUT2D eigenvalue weighted by molar-refractivity contribution is 5.73. The zero-order valence-electron chi connectivity index (χ0n) is 14.9. The molecular weight excluding hydrogens is 325 g/mol. The molecule has 0 saturated carbocycles. The van der Waals surface area contributed by atoms with E-state index in [1.807, 2.05) is 9.80 Å². The molecule has 0 bridgehead atoms. The molecule has 1 N–H and O–H groups in total. The molecule has 138 valence electrons. The van der Waals surface area contributed by atoms with Crippen molar-refractivity contribution in [2.24, 2.45) is 0 Å². The van der Waals surface area contributed by atoms with E-state index >= 15 is 0 Å². The van der Waals surface area contributed by atoms with Crippen molar-refractivity contribution in [2.75, 3.05) is 57.3 Å². The first-order valence-corrected chi connectivity index (χ1v) is 8.56. The van der Waals surface area contributed by atoms with Crippen molar-refractivity contribution in [3.05, 3.63) is 24.1 Å². The summed E-state index contributed by atoms with van der Waals surface area (Å²) in [6.07, 6.45) is 0. The number of hydrogen-bond acceptors (Lipinski definition) is 5. The number of amides is 2. The lowest BCUT2D eigenvalue weighted by Crippen LogP contribution is -2.48. The fourth-order valence-corrected chi connectivity index (χ4v) is 2.80. The van der Waals surface area contributed by atoms with Crippen molar-refractivity contribution in [1.29, 1.82) is 0 Å². The maximum Gasteiger partial charge on any atom is 0.219 e. The molecule has 2 fully saturated rings. The second-order valence-corrected chi connectivity index (χ2v) is 6.07. The van der Waals surface area contributed by atoms with Crippen LogP contribution in [0.3, 0.4) is 0 Å². The predicted molar refractivity (Wildman–Crippen MR) is 93.8 cm³/mol. The fourth-order valence-electron chi connectivity index (χ4n) is 2.80. The van der Waals surface area contributed by atoms with Gasteiger partial charge >= 0.3 is 0 Å². The van der Waals surface area contributed by atoms with Crippen LogP contribution >= 0.6 is 0 Å². The number of carbonyl (C=O) groups is 2. The average molecular weight is 351 g/mol. The Morgan fingerprint density at radius 1 is 0.960 bits per heavy atom. The van der Waals surface area contributed by atoms with Crippen molar-refractivity contribution in [1.82, 2.24) is 20.1 Å². The summed E-state index contributed by atoms with van der Waals surface area (Å²) in [5.74, 6) is 0.457. The van der Waals surface area contributed by atoms with Crippen LogP contribution in [0.15, 0.2) is 18.2 Å². The minimum Gasteiger partial charge on any atom is -0.353 e. The number of rotatable bonds is 1. The molecule has 0 spiro atoms. The SMILES string of the molecule is CC(=O)N1CCN(c2cccc(F)n2)CC1.CC(=O)N1CCNCC1. The predicted octanol–water partition coefficient (Wildman–Crippen LogP) is 0.327. The third-order valence-corrected chi connectivity index (χ3v) is 4.31. The number of carbonyl (C=O) groups excluding carboxylic acids is 2. The van der Waals surface area contributed by atoms with E-state index in [4.69, 9.17) is 0 Å². The fraction of sp³-hybridized carbons (Fsp3) is 0.588. The van der Waals surface area contributed by atoms with E-state index < -0.39 is 5.95 Å². The molecule has 2 aliphatic rings. The maximum absolute atomic E-state index is 12.9. The van der Waals surface area contributed by atoms with E-state index in [9.17, 15) is 14.0 Å². The number of piperazine rings is 2. The Hall–Kier alpha value is -2.22. The number of aromatic nitrogens is 1. The maximum atomic E-state index is 12.9. The van der Waals surface area contributed by atoms with Gasteiger partial charge in [-0.05, 0) is 12.1 Å². The number of pyridine rings is 1. The summed E-state index contributed by atoms with van der Waals surface area (Å²) in [6, 6.07) is 4.76. The Labute approximate surface area is 147 Å². The van der Waals surface area contributed by atoms with E-state index in [1.54, 1.807) is 30.9 Å². The topological polar surface area (TPSA) is 68.8 Å². The Morgan fingerprint density at radius 2 is 1.52 bits per heavy atom. The van der Waals surface area contributed by atoms with Gasteiger partial charge in [-0.2, -0.15) is 4.39 Å². The highest BCUT2D eigenvalue weighted by Crippen LogP contribution is 2.13. The molecule has 0 radical (unpaired) electrons. The first-order chi connectivity index (χ1) is 12.0. The standard InChI is InChI=1S/C11H14FN3O.C6H12N2O/c1-9(16)14-5-7-15(8-6-14)11-4-2-3-10(12)13-11;1-6(9)8-4-2-7-3-5-8/h2-4H,5-8H2,1H3;7H,2-5H2,1H3. The van der Waals surface area contributed by atoms with E-state index in [-0.39, 0.29) is 11.8 Å². The molecule has 2 aliphatic heterocycles. The largest absolute Gasteiger partial charge is 0.353 e. The van der Waals surface area contributed by atoms with Crippen LogP contribution in [-0.4, -0.2) is 79.0 Å². The van der Waals surface area contributed by atoms with E-state index in [1.165, 1.54) is 6.07 Å². The van der Waals surface area contributed by atoms with Gasteiger partial charge in [-0.25, -0.2) is 4.98 Å². The van der Waals surface area contributed by atoms with Crippen LogP contribution in [0.25, 0.3) is 0 Å². The molecule has 2 saturated heterocycles. The van der Waals surface area contributed by atoms with E-state index in [0.29, 0.717) is 32.0 Å². The summed E-state index contributed by atoms with van der Waals surface area (Å²) in [4.78, 5) is 31.3. The lowest BCUT2D eigenvalue weighted by atomic mass is 10.3. The minimum atomic E-state index is -0.466. The third kappa shape index (κ3) is 5.97. The van der Waals surface area contributed by atoms with Gasteiger partial charge in [0.15, 0.2) is 0 Å². The van der Waals surface area contributed by atoms with Gasteiger partial charge in [0.05, 0.1) is 0 Å². The molecule has 8 heteroatoms. The van der Waals surface area contributed by atoms with E-state index in [2.05, 4.69) is 10.3 Å². The van der Waals surface area contributed by atoms with Gasteiger partial charge in [0, 0.05) is 66.2 Å². The van der Waals surface area contributed by atoms with Crippen LogP contribution in [0, 0.1) is 5.95 Å². The van der Waals surface area contributed by atoms with Crippen LogP contribution in [0.1, 0.15) is 13.8 Å². The lowest BCUT2D eigenvalue weighted by molar-refractivity contribution is -0.130. The van der Waals surface area contributed by atoms with Gasteiger partial charge in [-0.15, -0.1) is 0 Å². The number of nitrogens with zero attached hydrogens (tertiary/aromatic N) is 4. The second kappa shape index (κ2) is 9.31. The number of hydrogen-bond donors (Lipinski definition) is 1. The minimum absolute atomic E-state index is 0.0897. The lowest BCUT2D eigenvalue weighted by Gasteiger charge is -2.34. The average Bonchev–Trinajstić information content (AvgIpc) is 2.63. The Morgan fingerprint density at radius 3 is 2.00 bits per heavy atom. The van der Waals surface area contributed by atoms with Crippen molar-refractivity contribution in [3.63, 3.8) is 0 Å². The van der Waals surface area contributed by atoms with Gasteiger partial charge in [-0.3, -0.25) is 9.59 Å². The van der Waals surface area contributed by atoms with Crippen molar-refractivity contribution < 1.29 is 14.0 Å². The molecule has 0 aromatic carbocycles. The molecule has 1 aromatic rings. The molecule has 0 aliphatic carbocycles. The van der Waals surface area contributed by atoms with Gasteiger partial charge in [0.25, 0.3) is 0 Å². The van der Waals surface area contributed by atoms with Crippen LogP contribution in [0.5, 0.6) is 0 Å². The summed E-state index contributed by atoms with van der Waals surface area (Å²) in [5.41, 5.74) is 0. The summed E-state index contributed by atoms with van der Waals surface area (Å²) in [5, 5.41) is 3.18. The first kappa shape index (κ1) is 19.1. The second-order valence-electron chi connectivity index (χ2n) is 6.07. The van der Waals surface area contributed by atoms with Gasteiger partial charge in [0.1, 0.15) is 5.82 Å². The smallest absolute Gasteiger partial charge is 0.219 e. The third-order valence-electron chi connectivity index (χ3n) is 4.31. The molecule has 0 atom stereocenters. The Bertz CT molecular complexity index is 584. The number of halogens is 1. The molecule has 25 heavy (non-hydrogen) atoms. The van der Waals surface area contributed by atoms with Crippen molar-refractivity contribution in [2.45, 2.75) is 13.8 Å². The Kier molecular flexibility index (Phi) is 7.12. The number of nitrogens with one attached hydrogen (secondary N) is 1. The molecule has 3 heterocycles. The summed E-state index contributed by atoms with van der Waals surface area (Å²) in [7, 11) is 0. The quantitative estimate of drug-likeness (QED) is 0.739. The molecule has 2 amide bonds. The van der Waals surface area contributed by atoms with Gasteiger partial charge in [-0.1, -0.05) is 6.07 Å². The van der Waals surface area contributed by atoms with Gasteiger partial charge in [0.2, 0.25) is 17.8 Å². The highest BCUT2D eigenvalue weighted by Gasteiger charge is 2.19. The Balaban J connectivity index is 0.000000212. The highest BCUT2D eigenvalue weighted by atomic mass is 19.1. The molecule has 1 aromatic heterocycles. The summed E-state index contributed by atoms with van der Waals surface area (Å²) >= 11 is 0. The van der Waals surface area contributed by atoms with Crippen molar-refractivity contribution >= 4 is 17.6 Å². The van der Waals surface area contributed by atoms with E-state index in [0.717, 1.165) is 26.2 Å². The molecule has 3 rings (SSSR count). The number of anilines is 1. The zero-order valence-corrected chi connectivity index (χ0v) is 14.9. The van der Waals surface area contributed by atoms with Gasteiger partial charge < -0.3 is 20.0 Å². The summed E-state index contributed by atoms with van der Waals surface area (Å²) < 4.78 is 12.9. The molecular formula is C17H26FN5O2. The van der Waals surface area contributed by atoms with Crippen molar-refractivity contribution in [3.8, 4) is 0 Å². The normalized spacial score (nSPS) is 17.6. The monoisotopic (exact) mass is 351 g/mol. The molecule has 0 unspecified atom stereocenters. The summed E-state index contributed by atoms with van der Waals surface area (Å²) in [6.45, 7) is 9.57.